The summed E-state index contributed by atoms with van der Waals surface area (Å²) in [4.78, 5) is 25.8. The van der Waals surface area contributed by atoms with Gasteiger partial charge in [0.05, 0.1) is 35.7 Å². The second-order valence-corrected chi connectivity index (χ2v) is 11.0. The summed E-state index contributed by atoms with van der Waals surface area (Å²) in [7, 11) is -3.46. The van der Waals surface area contributed by atoms with Crippen molar-refractivity contribution in [3.63, 3.8) is 0 Å². The molecule has 8 nitrogen and oxygen atoms in total. The van der Waals surface area contributed by atoms with Gasteiger partial charge in [0.2, 0.25) is 15.9 Å². The predicted molar refractivity (Wildman–Crippen MR) is 138 cm³/mol. The van der Waals surface area contributed by atoms with Crippen molar-refractivity contribution in [2.45, 2.75) is 32.2 Å². The number of nitrogens with zero attached hydrogens (tertiary/aromatic N) is 1. The maximum absolute atomic E-state index is 13.1. The maximum atomic E-state index is 13.1. The standard InChI is InChI=1S/C27H31N3O5S/c31-26(29-25-15-5-4-14-24(25)27(32)28-19-23-13-7-17-35-23)22-12-6-16-30(20-22)36(33,34)18-8-11-21-9-2-1-3-10-21/h1-5,7,9-10,13-15,17,22H,6,8,11-12,16,18-20H2,(H,28,32)(H,29,31)/t22-/m0/s1. The van der Waals surface area contributed by atoms with E-state index in [9.17, 15) is 18.0 Å². The maximum Gasteiger partial charge on any atom is 0.253 e. The van der Waals surface area contributed by atoms with Crippen molar-refractivity contribution in [1.82, 2.24) is 9.62 Å². The van der Waals surface area contributed by atoms with E-state index in [1.807, 2.05) is 30.3 Å². The van der Waals surface area contributed by atoms with Crippen LogP contribution in [0.2, 0.25) is 0 Å². The van der Waals surface area contributed by atoms with Crippen LogP contribution in [-0.2, 0) is 27.8 Å². The van der Waals surface area contributed by atoms with E-state index in [1.54, 1.807) is 36.4 Å². The van der Waals surface area contributed by atoms with Crippen molar-refractivity contribution in [3.05, 3.63) is 89.9 Å². The van der Waals surface area contributed by atoms with Gasteiger partial charge in [-0.05, 0) is 55.5 Å². The number of para-hydroxylation sites is 1. The van der Waals surface area contributed by atoms with Crippen LogP contribution >= 0.6 is 0 Å². The van der Waals surface area contributed by atoms with Gasteiger partial charge in [-0.15, -0.1) is 0 Å². The van der Waals surface area contributed by atoms with Crippen LogP contribution < -0.4 is 10.6 Å². The van der Waals surface area contributed by atoms with Crippen LogP contribution in [0.15, 0.2) is 77.4 Å². The normalized spacial score (nSPS) is 16.4. The van der Waals surface area contributed by atoms with Gasteiger partial charge in [-0.2, -0.15) is 0 Å². The number of rotatable bonds is 10. The Labute approximate surface area is 211 Å². The summed E-state index contributed by atoms with van der Waals surface area (Å²) < 4.78 is 32.6. The van der Waals surface area contributed by atoms with Gasteiger partial charge in [-0.1, -0.05) is 42.5 Å². The highest BCUT2D eigenvalue weighted by Crippen LogP contribution is 2.23. The summed E-state index contributed by atoms with van der Waals surface area (Å²) in [5, 5.41) is 5.63. The number of sulfonamides is 1. The highest BCUT2D eigenvalue weighted by Gasteiger charge is 2.32. The Kier molecular flexibility index (Phi) is 8.56. The summed E-state index contributed by atoms with van der Waals surface area (Å²) in [6, 6.07) is 20.1. The number of benzene rings is 2. The van der Waals surface area contributed by atoms with Gasteiger partial charge in [0.15, 0.2) is 0 Å². The third-order valence-corrected chi connectivity index (χ3v) is 8.21. The Morgan fingerprint density at radius 2 is 1.78 bits per heavy atom. The summed E-state index contributed by atoms with van der Waals surface area (Å²) in [5.41, 5.74) is 1.83. The lowest BCUT2D eigenvalue weighted by molar-refractivity contribution is -0.120. The third-order valence-electron chi connectivity index (χ3n) is 6.29. The van der Waals surface area contributed by atoms with E-state index in [4.69, 9.17) is 4.42 Å². The molecule has 1 aromatic heterocycles. The monoisotopic (exact) mass is 509 g/mol. The first-order chi connectivity index (χ1) is 17.4. The van der Waals surface area contributed by atoms with Crippen molar-refractivity contribution in [3.8, 4) is 0 Å². The molecular formula is C27H31N3O5S. The number of furan rings is 1. The van der Waals surface area contributed by atoms with Crippen molar-refractivity contribution >= 4 is 27.5 Å². The fourth-order valence-corrected chi connectivity index (χ4v) is 5.92. The first kappa shape index (κ1) is 25.7. The molecule has 2 heterocycles. The van der Waals surface area contributed by atoms with Gasteiger partial charge in [-0.3, -0.25) is 9.59 Å². The smallest absolute Gasteiger partial charge is 0.253 e. The van der Waals surface area contributed by atoms with Gasteiger partial charge in [0, 0.05) is 13.1 Å². The molecule has 1 saturated heterocycles. The molecule has 3 aromatic rings. The van der Waals surface area contributed by atoms with Gasteiger partial charge in [-0.25, -0.2) is 12.7 Å². The minimum absolute atomic E-state index is 0.0505. The van der Waals surface area contributed by atoms with Gasteiger partial charge >= 0.3 is 0 Å². The Morgan fingerprint density at radius 3 is 2.56 bits per heavy atom. The van der Waals surface area contributed by atoms with E-state index < -0.39 is 15.9 Å². The molecule has 2 aromatic carbocycles. The van der Waals surface area contributed by atoms with E-state index in [-0.39, 0.29) is 30.7 Å². The molecule has 4 rings (SSSR count). The molecule has 1 fully saturated rings. The average Bonchev–Trinajstić information content (AvgIpc) is 3.42. The third kappa shape index (κ3) is 6.83. The average molecular weight is 510 g/mol. The van der Waals surface area contributed by atoms with E-state index in [0.29, 0.717) is 49.2 Å². The molecule has 2 amide bonds. The van der Waals surface area contributed by atoms with Crippen LogP contribution in [0.5, 0.6) is 0 Å². The van der Waals surface area contributed by atoms with Crippen molar-refractivity contribution in [2.75, 3.05) is 24.2 Å². The van der Waals surface area contributed by atoms with Crippen LogP contribution in [0.3, 0.4) is 0 Å². The van der Waals surface area contributed by atoms with Crippen LogP contribution in [-0.4, -0.2) is 43.4 Å². The molecule has 0 spiro atoms. The summed E-state index contributed by atoms with van der Waals surface area (Å²) in [5.74, 6) is -0.437. The van der Waals surface area contributed by atoms with E-state index in [0.717, 1.165) is 5.56 Å². The second-order valence-electron chi connectivity index (χ2n) is 8.90. The molecule has 2 N–H and O–H groups in total. The number of carbonyl (C=O) groups excluding carboxylic acids is 2. The molecule has 190 valence electrons. The first-order valence-electron chi connectivity index (χ1n) is 12.1. The molecule has 9 heteroatoms. The zero-order valence-corrected chi connectivity index (χ0v) is 20.9. The van der Waals surface area contributed by atoms with Gasteiger partial charge in [0.25, 0.3) is 5.91 Å². The number of amides is 2. The van der Waals surface area contributed by atoms with E-state index >= 15 is 0 Å². The minimum atomic E-state index is -3.46. The Morgan fingerprint density at radius 1 is 1.00 bits per heavy atom. The highest BCUT2D eigenvalue weighted by atomic mass is 32.2. The number of hydrogen-bond acceptors (Lipinski definition) is 5. The molecule has 1 aliphatic rings. The topological polar surface area (TPSA) is 109 Å². The zero-order valence-electron chi connectivity index (χ0n) is 20.1. The molecule has 0 bridgehead atoms. The number of carbonyl (C=O) groups is 2. The first-order valence-corrected chi connectivity index (χ1v) is 13.8. The minimum Gasteiger partial charge on any atom is -0.467 e. The van der Waals surface area contributed by atoms with E-state index in [1.165, 1.54) is 10.6 Å². The quantitative estimate of drug-likeness (QED) is 0.432. The molecule has 0 saturated carbocycles. The van der Waals surface area contributed by atoms with E-state index in [2.05, 4.69) is 10.6 Å². The van der Waals surface area contributed by atoms with Gasteiger partial charge in [0.1, 0.15) is 5.76 Å². The Bertz CT molecular complexity index is 1260. The lowest BCUT2D eigenvalue weighted by Crippen LogP contribution is -2.44. The SMILES string of the molecule is O=C(NCc1ccco1)c1ccccc1NC(=O)[C@H]1CCCN(S(=O)(=O)CCCc2ccccc2)C1. The molecule has 0 radical (unpaired) electrons. The Hall–Kier alpha value is -3.43. The largest absolute Gasteiger partial charge is 0.467 e. The van der Waals surface area contributed by atoms with Gasteiger partial charge < -0.3 is 15.1 Å². The fraction of sp³-hybridized carbons (Fsp3) is 0.333. The molecule has 1 aliphatic heterocycles. The highest BCUT2D eigenvalue weighted by molar-refractivity contribution is 7.89. The van der Waals surface area contributed by atoms with Crippen molar-refractivity contribution in [2.24, 2.45) is 5.92 Å². The van der Waals surface area contributed by atoms with Crippen molar-refractivity contribution < 1.29 is 22.4 Å². The fourth-order valence-electron chi connectivity index (χ4n) is 4.34. The molecule has 0 aliphatic carbocycles. The molecular weight excluding hydrogens is 478 g/mol. The van der Waals surface area contributed by atoms with Crippen molar-refractivity contribution in [1.29, 1.82) is 0 Å². The van der Waals surface area contributed by atoms with Crippen LogP contribution in [0.1, 0.15) is 40.9 Å². The zero-order chi connectivity index (χ0) is 25.4. The molecule has 0 unspecified atom stereocenters. The number of nitrogens with one attached hydrogen (secondary N) is 2. The van der Waals surface area contributed by atoms with Crippen LogP contribution in [0, 0.1) is 5.92 Å². The molecule has 36 heavy (non-hydrogen) atoms. The number of anilines is 1. The van der Waals surface area contributed by atoms with Crippen LogP contribution in [0.25, 0.3) is 0 Å². The number of hydrogen-bond donors (Lipinski definition) is 2. The number of aryl methyl sites for hydroxylation is 1. The number of piperidine rings is 1. The summed E-state index contributed by atoms with van der Waals surface area (Å²) in [6.45, 7) is 0.795. The lowest BCUT2D eigenvalue weighted by Gasteiger charge is -2.31. The Balaban J connectivity index is 1.33. The summed E-state index contributed by atoms with van der Waals surface area (Å²) >= 11 is 0. The second kappa shape index (κ2) is 12.0. The molecule has 1 atom stereocenters. The lowest BCUT2D eigenvalue weighted by atomic mass is 9.98. The predicted octanol–water partition coefficient (Wildman–Crippen LogP) is 3.82. The van der Waals surface area contributed by atoms with Crippen LogP contribution in [0.4, 0.5) is 5.69 Å². The summed E-state index contributed by atoms with van der Waals surface area (Å²) in [6.07, 6.45) is 3.96.